The molecule has 3 heteroatoms. The van der Waals surface area contributed by atoms with Crippen molar-refractivity contribution in [2.75, 3.05) is 0 Å². The van der Waals surface area contributed by atoms with Crippen LogP contribution in [-0.4, -0.2) is 5.06 Å². The molecule has 1 aliphatic rings. The Morgan fingerprint density at radius 2 is 2.71 bits per heavy atom. The van der Waals surface area contributed by atoms with Gasteiger partial charge in [0, 0.05) is 6.20 Å². The van der Waals surface area contributed by atoms with Crippen LogP contribution in [0.4, 0.5) is 0 Å². The molecule has 1 heterocycles. The van der Waals surface area contributed by atoms with Crippen LogP contribution in [-0.2, 0) is 4.84 Å². The Balaban J connectivity index is 2.47. The zero-order chi connectivity index (χ0) is 5.11. The number of hydrogen-bond donors (Lipinski definition) is 0. The Morgan fingerprint density at radius 1 is 1.86 bits per heavy atom. The van der Waals surface area contributed by atoms with Gasteiger partial charge in [0.05, 0.1) is 0 Å². The number of rotatable bonds is 0. The SMILES string of the molecule is N#CN1C=C[C]O1. The summed E-state index contributed by atoms with van der Waals surface area (Å²) in [5, 5.41) is 9.03. The lowest BCUT2D eigenvalue weighted by Crippen LogP contribution is -2.01. The average molecular weight is 94.1 g/mol. The summed E-state index contributed by atoms with van der Waals surface area (Å²) in [4.78, 5) is 4.41. The molecule has 0 aromatic heterocycles. The molecule has 1 aliphatic heterocycles. The average Bonchev–Trinajstić information content (AvgIpc) is 2.14. The van der Waals surface area contributed by atoms with Crippen LogP contribution in [0, 0.1) is 18.1 Å². The molecule has 34 valence electrons. The first-order valence-electron chi connectivity index (χ1n) is 1.71. The van der Waals surface area contributed by atoms with Crippen LogP contribution >= 0.6 is 0 Å². The van der Waals surface area contributed by atoms with E-state index in [-0.39, 0.29) is 0 Å². The fourth-order valence-electron chi connectivity index (χ4n) is 0.270. The lowest BCUT2D eigenvalue weighted by molar-refractivity contribution is -0.00490. The lowest BCUT2D eigenvalue weighted by Gasteiger charge is -1.96. The minimum Gasteiger partial charge on any atom is -0.241 e. The summed E-state index contributed by atoms with van der Waals surface area (Å²) in [6, 6.07) is 0. The van der Waals surface area contributed by atoms with Crippen molar-refractivity contribution in [1.82, 2.24) is 5.06 Å². The smallest absolute Gasteiger partial charge is 0.210 e. The molecule has 1 rings (SSSR count). The van der Waals surface area contributed by atoms with E-state index in [4.69, 9.17) is 5.26 Å². The molecule has 0 saturated heterocycles. The van der Waals surface area contributed by atoms with Crippen LogP contribution in [0.25, 0.3) is 0 Å². The number of hydroxylamine groups is 2. The van der Waals surface area contributed by atoms with Crippen molar-refractivity contribution in [3.05, 3.63) is 18.9 Å². The molecule has 3 nitrogen and oxygen atoms in total. The van der Waals surface area contributed by atoms with Gasteiger partial charge in [-0.05, 0) is 6.08 Å². The quantitative estimate of drug-likeness (QED) is 0.404. The fraction of sp³-hybridized carbons (Fsp3) is 0. The van der Waals surface area contributed by atoms with Crippen molar-refractivity contribution in [2.24, 2.45) is 0 Å². The molecule has 2 radical (unpaired) electrons. The Hall–Kier alpha value is -1.01. The summed E-state index contributed by atoms with van der Waals surface area (Å²) < 4.78 is 0. The van der Waals surface area contributed by atoms with Crippen LogP contribution in [0.2, 0.25) is 0 Å². The second kappa shape index (κ2) is 1.63. The molecule has 0 aromatic rings. The zero-order valence-corrected chi connectivity index (χ0v) is 3.46. The summed E-state index contributed by atoms with van der Waals surface area (Å²) in [6.45, 7) is 2.35. The predicted octanol–water partition coefficient (Wildman–Crippen LogP) is 0.267. The molecule has 7 heavy (non-hydrogen) atoms. The summed E-state index contributed by atoms with van der Waals surface area (Å²) in [5.74, 6) is 0. The van der Waals surface area contributed by atoms with Crippen LogP contribution in [0.15, 0.2) is 12.3 Å². The highest BCUT2D eigenvalue weighted by atomic mass is 16.7. The van der Waals surface area contributed by atoms with Crippen LogP contribution < -0.4 is 0 Å². The van der Waals surface area contributed by atoms with Gasteiger partial charge >= 0.3 is 0 Å². The normalized spacial score (nSPS) is 17.3. The molecule has 0 N–H and O–H groups in total. The minimum absolute atomic E-state index is 1.00. The van der Waals surface area contributed by atoms with Crippen molar-refractivity contribution in [3.8, 4) is 6.19 Å². The van der Waals surface area contributed by atoms with Gasteiger partial charge in [0.1, 0.15) is 0 Å². The number of nitrogens with zero attached hydrogens (tertiary/aromatic N) is 2. The fourth-order valence-corrected chi connectivity index (χ4v) is 0.270. The largest absolute Gasteiger partial charge is 0.241 e. The molecule has 0 aliphatic carbocycles. The molecule has 0 fully saturated rings. The van der Waals surface area contributed by atoms with Gasteiger partial charge < -0.3 is 0 Å². The van der Waals surface area contributed by atoms with E-state index in [9.17, 15) is 0 Å². The van der Waals surface area contributed by atoms with Gasteiger partial charge in [-0.1, -0.05) is 0 Å². The highest BCUT2D eigenvalue weighted by Gasteiger charge is 2.01. The van der Waals surface area contributed by atoms with Gasteiger partial charge in [0.25, 0.3) is 0 Å². The second-order valence-electron chi connectivity index (χ2n) is 0.951. The molecule has 0 atom stereocenters. The van der Waals surface area contributed by atoms with Crippen LogP contribution in [0.1, 0.15) is 0 Å². The van der Waals surface area contributed by atoms with E-state index in [1.54, 1.807) is 6.19 Å². The second-order valence-corrected chi connectivity index (χ2v) is 0.951. The Morgan fingerprint density at radius 3 is 3.00 bits per heavy atom. The van der Waals surface area contributed by atoms with Crippen molar-refractivity contribution >= 4 is 0 Å². The third kappa shape index (κ3) is 0.699. The first kappa shape index (κ1) is 4.16. The summed E-state index contributed by atoms with van der Waals surface area (Å²) >= 11 is 0. The molecular formula is C4H2N2O. The highest BCUT2D eigenvalue weighted by molar-refractivity contribution is 4.96. The lowest BCUT2D eigenvalue weighted by atomic mass is 10.7. The van der Waals surface area contributed by atoms with Crippen LogP contribution in [0.5, 0.6) is 0 Å². The van der Waals surface area contributed by atoms with Gasteiger partial charge in [-0.2, -0.15) is 10.3 Å². The van der Waals surface area contributed by atoms with Crippen molar-refractivity contribution < 1.29 is 4.84 Å². The maximum Gasteiger partial charge on any atom is 0.210 e. The molecule has 0 unspecified atom stereocenters. The maximum atomic E-state index is 8.03. The van der Waals surface area contributed by atoms with E-state index >= 15 is 0 Å². The Labute approximate surface area is 41.4 Å². The van der Waals surface area contributed by atoms with Crippen molar-refractivity contribution in [1.29, 1.82) is 5.26 Å². The van der Waals surface area contributed by atoms with Crippen molar-refractivity contribution in [2.45, 2.75) is 0 Å². The minimum atomic E-state index is 1.00. The molecule has 0 saturated carbocycles. The van der Waals surface area contributed by atoms with Gasteiger partial charge in [-0.25, -0.2) is 4.84 Å². The third-order valence-corrected chi connectivity index (χ3v) is 0.528. The third-order valence-electron chi connectivity index (χ3n) is 0.528. The molecular weight excluding hydrogens is 92.1 g/mol. The first-order chi connectivity index (χ1) is 3.43. The topological polar surface area (TPSA) is 36.3 Å². The van der Waals surface area contributed by atoms with E-state index in [0.29, 0.717) is 0 Å². The molecule has 0 amide bonds. The predicted molar refractivity (Wildman–Crippen MR) is 20.9 cm³/mol. The molecule has 0 spiro atoms. The van der Waals surface area contributed by atoms with E-state index in [0.717, 1.165) is 5.06 Å². The molecule has 0 aromatic carbocycles. The summed E-state index contributed by atoms with van der Waals surface area (Å²) in [7, 11) is 0. The first-order valence-corrected chi connectivity index (χ1v) is 1.71. The Bertz CT molecular complexity index is 124. The van der Waals surface area contributed by atoms with E-state index in [1.807, 2.05) is 0 Å². The number of nitriles is 1. The van der Waals surface area contributed by atoms with Crippen LogP contribution in [0.3, 0.4) is 0 Å². The van der Waals surface area contributed by atoms with E-state index in [2.05, 4.69) is 11.4 Å². The maximum absolute atomic E-state index is 8.03. The highest BCUT2D eigenvalue weighted by Crippen LogP contribution is 2.00. The van der Waals surface area contributed by atoms with Gasteiger partial charge in [0.15, 0.2) is 6.61 Å². The van der Waals surface area contributed by atoms with E-state index in [1.165, 1.54) is 12.3 Å². The standard InChI is InChI=1S/C4H2N2O/c5-4-6-2-1-3-7-6/h1-2H. The monoisotopic (exact) mass is 94.0 g/mol. The zero-order valence-electron chi connectivity index (χ0n) is 3.46. The van der Waals surface area contributed by atoms with Gasteiger partial charge in [0.2, 0.25) is 6.19 Å². The molecule has 0 bridgehead atoms. The number of hydrogen-bond acceptors (Lipinski definition) is 3. The van der Waals surface area contributed by atoms with Gasteiger partial charge in [-0.15, -0.1) is 0 Å². The summed E-state index contributed by atoms with van der Waals surface area (Å²) in [6.07, 6.45) is 4.72. The summed E-state index contributed by atoms with van der Waals surface area (Å²) in [5.41, 5.74) is 0. The van der Waals surface area contributed by atoms with Gasteiger partial charge in [-0.3, -0.25) is 0 Å². The van der Waals surface area contributed by atoms with Crippen molar-refractivity contribution in [3.63, 3.8) is 0 Å². The van der Waals surface area contributed by atoms with E-state index < -0.39 is 0 Å². The Kier molecular flexibility index (Phi) is 0.966.